The van der Waals surface area contributed by atoms with Crippen LogP contribution in [-0.4, -0.2) is 13.9 Å². The van der Waals surface area contributed by atoms with Crippen LogP contribution in [0.15, 0.2) is 24.4 Å². The van der Waals surface area contributed by atoms with E-state index in [1.54, 1.807) is 6.20 Å². The molecule has 0 saturated carbocycles. The third kappa shape index (κ3) is 3.62. The van der Waals surface area contributed by atoms with Crippen molar-refractivity contribution in [3.05, 3.63) is 40.1 Å². The highest BCUT2D eigenvalue weighted by molar-refractivity contribution is 7.84. The Hall–Kier alpha value is -0.680. The van der Waals surface area contributed by atoms with Crippen molar-refractivity contribution in [1.29, 1.82) is 0 Å². The van der Waals surface area contributed by atoms with Crippen LogP contribution in [0.5, 0.6) is 0 Å². The van der Waals surface area contributed by atoms with E-state index in [1.165, 1.54) is 0 Å². The molecule has 0 fully saturated rings. The van der Waals surface area contributed by atoms with E-state index in [0.29, 0.717) is 10.2 Å². The number of fused-ring (bicyclic) bond motifs is 1. The summed E-state index contributed by atoms with van der Waals surface area (Å²) in [5, 5.41) is 8.60. The van der Waals surface area contributed by atoms with Crippen molar-refractivity contribution in [2.75, 3.05) is 0 Å². The molecular weight excluding hydrogens is 339 g/mol. The fraction of sp³-hybridized carbons (Fsp3) is 0.438. The van der Waals surface area contributed by atoms with Gasteiger partial charge in [0, 0.05) is 16.6 Å². The van der Waals surface area contributed by atoms with Gasteiger partial charge in [-0.1, -0.05) is 36.2 Å². The highest BCUT2D eigenvalue weighted by Crippen LogP contribution is 2.37. The molecule has 0 bridgehead atoms. The zero-order chi connectivity index (χ0) is 16.5. The molecule has 0 saturated heterocycles. The van der Waals surface area contributed by atoms with Gasteiger partial charge in [0.15, 0.2) is 0 Å². The van der Waals surface area contributed by atoms with E-state index < -0.39 is 15.7 Å². The average molecular weight is 359 g/mol. The molecule has 1 heterocycles. The number of hydrogen-bond acceptors (Lipinski definition) is 2. The zero-order valence-corrected chi connectivity index (χ0v) is 15.2. The van der Waals surface area contributed by atoms with Gasteiger partial charge in [0.1, 0.15) is 5.15 Å². The highest BCUT2D eigenvalue weighted by atomic mass is 35.5. The van der Waals surface area contributed by atoms with E-state index in [2.05, 4.69) is 11.9 Å². The second-order valence-electron chi connectivity index (χ2n) is 6.06. The van der Waals surface area contributed by atoms with Gasteiger partial charge in [0.05, 0.1) is 15.7 Å². The van der Waals surface area contributed by atoms with E-state index in [-0.39, 0.29) is 5.92 Å². The number of nitrogens with two attached hydrogens (primary N) is 1. The molecule has 6 heteroatoms. The van der Waals surface area contributed by atoms with Gasteiger partial charge >= 0.3 is 0 Å². The topological polar surface area (TPSA) is 56.0 Å². The van der Waals surface area contributed by atoms with Gasteiger partial charge in [-0.05, 0) is 55.7 Å². The van der Waals surface area contributed by atoms with Gasteiger partial charge in [-0.25, -0.2) is 9.19 Å². The third-order valence-electron chi connectivity index (χ3n) is 4.06. The van der Waals surface area contributed by atoms with Crippen molar-refractivity contribution >= 4 is 45.0 Å². The summed E-state index contributed by atoms with van der Waals surface area (Å²) in [4.78, 5) is 4.11. The van der Waals surface area contributed by atoms with Crippen LogP contribution < -0.4 is 5.14 Å². The quantitative estimate of drug-likeness (QED) is 0.778. The minimum Gasteiger partial charge on any atom is -0.251 e. The lowest BCUT2D eigenvalue weighted by Crippen LogP contribution is -2.33. The Labute approximate surface area is 143 Å². The maximum atomic E-state index is 11.8. The molecule has 120 valence electrons. The molecule has 0 spiro atoms. The van der Waals surface area contributed by atoms with E-state index in [1.807, 2.05) is 32.0 Å². The molecule has 1 aromatic heterocycles. The van der Waals surface area contributed by atoms with Crippen LogP contribution >= 0.6 is 23.2 Å². The van der Waals surface area contributed by atoms with E-state index >= 15 is 0 Å². The number of rotatable bonds is 5. The van der Waals surface area contributed by atoms with Crippen LogP contribution in [0.3, 0.4) is 0 Å². The molecule has 0 aliphatic rings. The third-order valence-corrected chi connectivity index (χ3v) is 5.86. The smallest absolute Gasteiger partial charge is 0.129 e. The van der Waals surface area contributed by atoms with Crippen LogP contribution in [-0.2, 0) is 11.0 Å². The maximum Gasteiger partial charge on any atom is 0.129 e. The van der Waals surface area contributed by atoms with E-state index in [4.69, 9.17) is 28.3 Å². The average Bonchev–Trinajstić information content (AvgIpc) is 2.45. The van der Waals surface area contributed by atoms with Crippen LogP contribution in [0, 0.1) is 0 Å². The zero-order valence-electron chi connectivity index (χ0n) is 12.9. The number of pyridine rings is 1. The number of halogens is 2. The summed E-state index contributed by atoms with van der Waals surface area (Å²) in [5.41, 5.74) is 1.14. The second kappa shape index (κ2) is 6.83. The SMILES string of the molecule is CC[C@@H](CC(C)(C)S(N)=O)c1ccc(Cl)c2cnc(Cl)cc12. The Kier molecular flexibility index (Phi) is 5.49. The summed E-state index contributed by atoms with van der Waals surface area (Å²) in [6.45, 7) is 5.97. The Morgan fingerprint density at radius 2 is 2.00 bits per heavy atom. The van der Waals surface area contributed by atoms with Crippen LogP contribution in [0.2, 0.25) is 10.2 Å². The predicted octanol–water partition coefficient (Wildman–Crippen LogP) is 4.83. The summed E-state index contributed by atoms with van der Waals surface area (Å²) in [6, 6.07) is 5.74. The summed E-state index contributed by atoms with van der Waals surface area (Å²) in [6.07, 6.45) is 3.34. The molecule has 0 amide bonds. The molecule has 3 nitrogen and oxygen atoms in total. The van der Waals surface area contributed by atoms with Gasteiger partial charge in [0.2, 0.25) is 0 Å². The first-order valence-electron chi connectivity index (χ1n) is 7.16. The first-order valence-corrected chi connectivity index (χ1v) is 9.13. The lowest BCUT2D eigenvalue weighted by Gasteiger charge is -2.28. The molecule has 0 aliphatic carbocycles. The minimum atomic E-state index is -1.38. The molecule has 22 heavy (non-hydrogen) atoms. The Morgan fingerprint density at radius 1 is 1.32 bits per heavy atom. The molecule has 0 aliphatic heterocycles. The van der Waals surface area contributed by atoms with Gasteiger partial charge in [-0.15, -0.1) is 0 Å². The van der Waals surface area contributed by atoms with Crippen molar-refractivity contribution in [3.8, 4) is 0 Å². The molecular formula is C16H20Cl2N2OS. The second-order valence-corrected chi connectivity index (χ2v) is 8.55. The fourth-order valence-electron chi connectivity index (χ4n) is 2.71. The van der Waals surface area contributed by atoms with Crippen molar-refractivity contribution in [2.45, 2.75) is 44.3 Å². The Balaban J connectivity index is 2.54. The largest absolute Gasteiger partial charge is 0.251 e. The van der Waals surface area contributed by atoms with E-state index in [0.717, 1.165) is 29.2 Å². The van der Waals surface area contributed by atoms with Gasteiger partial charge in [-0.2, -0.15) is 0 Å². The Bertz CT molecular complexity index is 719. The van der Waals surface area contributed by atoms with Gasteiger partial charge < -0.3 is 0 Å². The van der Waals surface area contributed by atoms with Gasteiger partial charge in [-0.3, -0.25) is 5.14 Å². The first kappa shape index (κ1) is 17.7. The number of nitrogens with zero attached hydrogens (tertiary/aromatic N) is 1. The number of aromatic nitrogens is 1. The summed E-state index contributed by atoms with van der Waals surface area (Å²) in [7, 11) is -1.38. The molecule has 2 N–H and O–H groups in total. The van der Waals surface area contributed by atoms with Crippen molar-refractivity contribution in [1.82, 2.24) is 4.98 Å². The van der Waals surface area contributed by atoms with Crippen molar-refractivity contribution in [2.24, 2.45) is 5.14 Å². The van der Waals surface area contributed by atoms with Crippen LogP contribution in [0.4, 0.5) is 0 Å². The predicted molar refractivity (Wildman–Crippen MR) is 95.8 cm³/mol. The molecule has 2 atom stereocenters. The van der Waals surface area contributed by atoms with Crippen LogP contribution in [0.1, 0.15) is 45.1 Å². The standard InChI is InChI=1S/C16H20Cl2N2OS/c1-4-10(8-16(2,3)22(19)21)11-5-6-14(17)13-9-20-15(18)7-12(11)13/h5-7,9-10H,4,8,19H2,1-3H3/t10-,22?/m0/s1. The molecule has 1 aromatic carbocycles. The maximum absolute atomic E-state index is 11.8. The monoisotopic (exact) mass is 358 g/mol. The fourth-order valence-corrected chi connectivity index (χ4v) is 3.44. The Morgan fingerprint density at radius 3 is 2.59 bits per heavy atom. The molecule has 2 rings (SSSR count). The van der Waals surface area contributed by atoms with Crippen LogP contribution in [0.25, 0.3) is 10.8 Å². The summed E-state index contributed by atoms with van der Waals surface area (Å²) in [5.74, 6) is 0.223. The molecule has 2 aromatic rings. The lowest BCUT2D eigenvalue weighted by atomic mass is 9.85. The molecule has 0 radical (unpaired) electrons. The normalized spacial score (nSPS) is 15.0. The summed E-state index contributed by atoms with van der Waals surface area (Å²) < 4.78 is 11.3. The lowest BCUT2D eigenvalue weighted by molar-refractivity contribution is 0.509. The minimum absolute atomic E-state index is 0.223. The number of hydrogen-bond donors (Lipinski definition) is 1. The highest BCUT2D eigenvalue weighted by Gasteiger charge is 2.28. The summed E-state index contributed by atoms with van der Waals surface area (Å²) >= 11 is 12.3. The molecule has 1 unspecified atom stereocenters. The first-order chi connectivity index (χ1) is 10.3. The number of benzene rings is 1. The van der Waals surface area contributed by atoms with Crippen molar-refractivity contribution in [3.63, 3.8) is 0 Å². The van der Waals surface area contributed by atoms with Crippen molar-refractivity contribution < 1.29 is 4.21 Å². The van der Waals surface area contributed by atoms with Gasteiger partial charge in [0.25, 0.3) is 0 Å². The van der Waals surface area contributed by atoms with E-state index in [9.17, 15) is 4.21 Å².